The normalized spacial score (nSPS) is 29.5. The van der Waals surface area contributed by atoms with Gasteiger partial charge in [-0.15, -0.1) is 0 Å². The molecule has 0 aliphatic carbocycles. The van der Waals surface area contributed by atoms with Crippen molar-refractivity contribution < 1.29 is 0 Å². The summed E-state index contributed by atoms with van der Waals surface area (Å²) in [6.07, 6.45) is 6.80. The van der Waals surface area contributed by atoms with Crippen molar-refractivity contribution in [3.05, 3.63) is 0 Å². The molecule has 2 aliphatic rings. The number of nitrogens with one attached hydrogen (secondary N) is 1. The van der Waals surface area contributed by atoms with E-state index in [9.17, 15) is 0 Å². The summed E-state index contributed by atoms with van der Waals surface area (Å²) in [5, 5.41) is 3.70. The van der Waals surface area contributed by atoms with E-state index < -0.39 is 0 Å². The molecule has 0 amide bonds. The first kappa shape index (κ1) is 15.3. The number of rotatable bonds is 5. The maximum atomic E-state index is 3.70. The average molecular weight is 267 g/mol. The van der Waals surface area contributed by atoms with Crippen LogP contribution < -0.4 is 5.32 Å². The molecule has 0 aromatic rings. The van der Waals surface area contributed by atoms with E-state index in [1.165, 1.54) is 71.4 Å². The zero-order chi connectivity index (χ0) is 13.7. The smallest absolute Gasteiger partial charge is 0.0222 e. The average Bonchev–Trinajstić information content (AvgIpc) is 2.40. The van der Waals surface area contributed by atoms with Gasteiger partial charge in [0.25, 0.3) is 0 Å². The number of piperidine rings is 1. The van der Waals surface area contributed by atoms with Crippen LogP contribution in [-0.2, 0) is 0 Å². The lowest BCUT2D eigenvalue weighted by Gasteiger charge is -2.44. The standard InChI is InChI=1S/C16H33N3/c1-4-5-6-9-18-10-12-19(13-11-18)15-7-8-16(2,3)17-14-15/h15,17H,4-14H2,1-3H3. The maximum Gasteiger partial charge on any atom is 0.0222 e. The van der Waals surface area contributed by atoms with Gasteiger partial charge in [0.05, 0.1) is 0 Å². The molecule has 0 saturated carbocycles. The summed E-state index contributed by atoms with van der Waals surface area (Å²) in [5.41, 5.74) is 0.360. The second-order valence-corrected chi connectivity index (χ2v) is 7.04. The summed E-state index contributed by atoms with van der Waals surface area (Å²) in [6, 6.07) is 0.783. The fraction of sp³-hybridized carbons (Fsp3) is 1.00. The number of piperazine rings is 1. The van der Waals surface area contributed by atoms with Gasteiger partial charge in [-0.2, -0.15) is 0 Å². The summed E-state index contributed by atoms with van der Waals surface area (Å²) in [5.74, 6) is 0. The summed E-state index contributed by atoms with van der Waals surface area (Å²) in [6.45, 7) is 14.6. The molecule has 3 nitrogen and oxygen atoms in total. The second kappa shape index (κ2) is 7.05. The van der Waals surface area contributed by atoms with Crippen LogP contribution >= 0.6 is 0 Å². The third-order valence-corrected chi connectivity index (χ3v) is 4.92. The third kappa shape index (κ3) is 4.73. The van der Waals surface area contributed by atoms with E-state index in [4.69, 9.17) is 0 Å². The van der Waals surface area contributed by atoms with Crippen molar-refractivity contribution in [2.75, 3.05) is 39.3 Å². The first-order valence-electron chi connectivity index (χ1n) is 8.32. The van der Waals surface area contributed by atoms with Gasteiger partial charge < -0.3 is 10.2 Å². The van der Waals surface area contributed by atoms with Crippen LogP contribution in [0.1, 0.15) is 52.9 Å². The zero-order valence-electron chi connectivity index (χ0n) is 13.2. The maximum absolute atomic E-state index is 3.70. The Morgan fingerprint density at radius 1 is 1.11 bits per heavy atom. The molecule has 1 atom stereocenters. The van der Waals surface area contributed by atoms with Crippen molar-refractivity contribution in [1.82, 2.24) is 15.1 Å². The molecule has 19 heavy (non-hydrogen) atoms. The van der Waals surface area contributed by atoms with Gasteiger partial charge in [-0.1, -0.05) is 19.8 Å². The van der Waals surface area contributed by atoms with E-state index in [0.29, 0.717) is 5.54 Å². The van der Waals surface area contributed by atoms with Crippen LogP contribution in [0.5, 0.6) is 0 Å². The Morgan fingerprint density at radius 3 is 2.42 bits per heavy atom. The fourth-order valence-corrected chi connectivity index (χ4v) is 3.36. The Balaban J connectivity index is 1.66. The van der Waals surface area contributed by atoms with Gasteiger partial charge in [-0.3, -0.25) is 4.90 Å². The molecule has 0 radical (unpaired) electrons. The molecule has 2 rings (SSSR count). The lowest BCUT2D eigenvalue weighted by Crippen LogP contribution is -2.58. The van der Waals surface area contributed by atoms with Crippen molar-refractivity contribution >= 4 is 0 Å². The zero-order valence-corrected chi connectivity index (χ0v) is 13.2. The molecule has 2 heterocycles. The minimum atomic E-state index is 0.360. The van der Waals surface area contributed by atoms with Gasteiger partial charge in [-0.05, 0) is 39.7 Å². The number of hydrogen-bond acceptors (Lipinski definition) is 3. The van der Waals surface area contributed by atoms with Crippen LogP contribution in [0.25, 0.3) is 0 Å². The van der Waals surface area contributed by atoms with Crippen molar-refractivity contribution in [1.29, 1.82) is 0 Å². The predicted molar refractivity (Wildman–Crippen MR) is 82.6 cm³/mol. The Bertz CT molecular complexity index is 247. The van der Waals surface area contributed by atoms with Crippen molar-refractivity contribution in [3.8, 4) is 0 Å². The lowest BCUT2D eigenvalue weighted by atomic mass is 9.90. The van der Waals surface area contributed by atoms with Gasteiger partial charge >= 0.3 is 0 Å². The van der Waals surface area contributed by atoms with Crippen LogP contribution in [0.4, 0.5) is 0 Å². The van der Waals surface area contributed by atoms with E-state index >= 15 is 0 Å². The minimum absolute atomic E-state index is 0.360. The minimum Gasteiger partial charge on any atom is -0.310 e. The Hall–Kier alpha value is -0.120. The Kier molecular flexibility index (Phi) is 5.67. The second-order valence-electron chi connectivity index (χ2n) is 7.04. The highest BCUT2D eigenvalue weighted by molar-refractivity contribution is 4.90. The van der Waals surface area contributed by atoms with E-state index in [2.05, 4.69) is 35.9 Å². The molecule has 0 spiro atoms. The topological polar surface area (TPSA) is 18.5 Å². The molecule has 0 bridgehead atoms. The highest BCUT2D eigenvalue weighted by atomic mass is 15.3. The predicted octanol–water partition coefficient (Wildman–Crippen LogP) is 2.32. The van der Waals surface area contributed by atoms with E-state index in [1.807, 2.05) is 0 Å². The monoisotopic (exact) mass is 267 g/mol. The summed E-state index contributed by atoms with van der Waals surface area (Å²) in [7, 11) is 0. The molecule has 0 aromatic carbocycles. The summed E-state index contributed by atoms with van der Waals surface area (Å²) >= 11 is 0. The van der Waals surface area contributed by atoms with Gasteiger partial charge in [0.2, 0.25) is 0 Å². The van der Waals surface area contributed by atoms with Crippen LogP contribution in [0.2, 0.25) is 0 Å². The number of unbranched alkanes of at least 4 members (excludes halogenated alkanes) is 2. The van der Waals surface area contributed by atoms with Crippen molar-refractivity contribution in [3.63, 3.8) is 0 Å². The van der Waals surface area contributed by atoms with E-state index in [1.54, 1.807) is 0 Å². The number of nitrogens with zero attached hydrogens (tertiary/aromatic N) is 2. The molecule has 2 saturated heterocycles. The highest BCUT2D eigenvalue weighted by Gasteiger charge is 2.30. The van der Waals surface area contributed by atoms with Crippen LogP contribution in [-0.4, -0.2) is 60.6 Å². The summed E-state index contributed by atoms with van der Waals surface area (Å²) in [4.78, 5) is 5.38. The van der Waals surface area contributed by atoms with E-state index in [0.717, 1.165) is 6.04 Å². The SMILES string of the molecule is CCCCCN1CCN(C2CCC(C)(C)NC2)CC1. The molecular formula is C16H33N3. The summed E-state index contributed by atoms with van der Waals surface area (Å²) < 4.78 is 0. The number of hydrogen-bond donors (Lipinski definition) is 1. The van der Waals surface area contributed by atoms with Gasteiger partial charge in [0, 0.05) is 44.3 Å². The van der Waals surface area contributed by atoms with Gasteiger partial charge in [0.15, 0.2) is 0 Å². The third-order valence-electron chi connectivity index (χ3n) is 4.92. The first-order chi connectivity index (χ1) is 9.11. The molecule has 1 unspecified atom stereocenters. The fourth-order valence-electron chi connectivity index (χ4n) is 3.36. The first-order valence-corrected chi connectivity index (χ1v) is 8.32. The molecule has 2 fully saturated rings. The Labute approximate surface area is 119 Å². The van der Waals surface area contributed by atoms with E-state index in [-0.39, 0.29) is 0 Å². The van der Waals surface area contributed by atoms with Crippen LogP contribution in [0.3, 0.4) is 0 Å². The highest BCUT2D eigenvalue weighted by Crippen LogP contribution is 2.22. The van der Waals surface area contributed by atoms with Gasteiger partial charge in [-0.25, -0.2) is 0 Å². The van der Waals surface area contributed by atoms with Crippen LogP contribution in [0, 0.1) is 0 Å². The quantitative estimate of drug-likeness (QED) is 0.771. The molecule has 1 N–H and O–H groups in total. The molecular weight excluding hydrogens is 234 g/mol. The Morgan fingerprint density at radius 2 is 1.84 bits per heavy atom. The van der Waals surface area contributed by atoms with Crippen molar-refractivity contribution in [2.45, 2.75) is 64.5 Å². The van der Waals surface area contributed by atoms with Crippen LogP contribution in [0.15, 0.2) is 0 Å². The molecule has 2 aliphatic heterocycles. The van der Waals surface area contributed by atoms with Gasteiger partial charge in [0.1, 0.15) is 0 Å². The van der Waals surface area contributed by atoms with Crippen molar-refractivity contribution in [2.24, 2.45) is 0 Å². The molecule has 0 aromatic heterocycles. The largest absolute Gasteiger partial charge is 0.310 e. The lowest BCUT2D eigenvalue weighted by molar-refractivity contribution is 0.0696. The molecule has 112 valence electrons. The molecule has 3 heteroatoms.